The summed E-state index contributed by atoms with van der Waals surface area (Å²) in [5.74, 6) is -0.401. The third kappa shape index (κ3) is 3.13. The van der Waals surface area contributed by atoms with Crippen LogP contribution in [0.1, 0.15) is 35.7 Å². The minimum Gasteiger partial charge on any atom is -0.336 e. The normalized spacial score (nSPS) is 16.4. The monoisotopic (exact) mass is 264 g/mol. The third-order valence-corrected chi connectivity index (χ3v) is 3.78. The molecule has 0 atom stereocenters. The number of carbonyl (C=O) groups is 1. The minimum atomic E-state index is -0.352. The van der Waals surface area contributed by atoms with E-state index in [1.807, 2.05) is 18.7 Å². The Morgan fingerprint density at radius 3 is 2.74 bits per heavy atom. The molecule has 0 unspecified atom stereocenters. The lowest BCUT2D eigenvalue weighted by Gasteiger charge is -2.34. The van der Waals surface area contributed by atoms with Gasteiger partial charge in [-0.05, 0) is 57.5 Å². The van der Waals surface area contributed by atoms with Crippen molar-refractivity contribution in [2.45, 2.75) is 32.7 Å². The standard InChI is InChI=1S/C15H21FN2O/c1-3-18(13-6-8-17-9-7-13)15(19)14-10-12(16)5-4-11(14)2/h4-5,10,13,17H,3,6-9H2,1-2H3. The van der Waals surface area contributed by atoms with E-state index in [4.69, 9.17) is 0 Å². The van der Waals surface area contributed by atoms with Gasteiger partial charge >= 0.3 is 0 Å². The smallest absolute Gasteiger partial charge is 0.254 e. The van der Waals surface area contributed by atoms with E-state index in [1.165, 1.54) is 12.1 Å². The van der Waals surface area contributed by atoms with E-state index in [0.29, 0.717) is 12.1 Å². The lowest BCUT2D eigenvalue weighted by molar-refractivity contribution is 0.0655. The van der Waals surface area contributed by atoms with E-state index in [2.05, 4.69) is 5.32 Å². The van der Waals surface area contributed by atoms with E-state index in [1.54, 1.807) is 6.07 Å². The molecule has 1 aromatic carbocycles. The SMILES string of the molecule is CCN(C(=O)c1cc(F)ccc1C)C1CCNCC1. The van der Waals surface area contributed by atoms with Gasteiger partial charge in [0, 0.05) is 18.2 Å². The number of benzene rings is 1. The molecule has 1 amide bonds. The molecule has 104 valence electrons. The number of hydrogen-bond donors (Lipinski definition) is 1. The lowest BCUT2D eigenvalue weighted by Crippen LogP contribution is -2.46. The fraction of sp³-hybridized carbons (Fsp3) is 0.533. The molecular formula is C15H21FN2O. The summed E-state index contributed by atoms with van der Waals surface area (Å²) in [5.41, 5.74) is 1.32. The number of rotatable bonds is 3. The first-order valence-electron chi connectivity index (χ1n) is 6.91. The van der Waals surface area contributed by atoms with Crippen LogP contribution in [0.2, 0.25) is 0 Å². The van der Waals surface area contributed by atoms with E-state index in [-0.39, 0.29) is 17.8 Å². The first-order chi connectivity index (χ1) is 9.13. The van der Waals surface area contributed by atoms with Gasteiger partial charge < -0.3 is 10.2 Å². The number of carbonyl (C=O) groups excluding carboxylic acids is 1. The van der Waals surface area contributed by atoms with Crippen LogP contribution in [0, 0.1) is 12.7 Å². The van der Waals surface area contributed by atoms with Gasteiger partial charge in [0.2, 0.25) is 0 Å². The van der Waals surface area contributed by atoms with Crippen molar-refractivity contribution >= 4 is 5.91 Å². The Bertz CT molecular complexity index is 455. The number of hydrogen-bond acceptors (Lipinski definition) is 2. The van der Waals surface area contributed by atoms with Crippen LogP contribution in [0.15, 0.2) is 18.2 Å². The molecule has 0 aromatic heterocycles. The molecule has 1 fully saturated rings. The second-order valence-corrected chi connectivity index (χ2v) is 5.03. The largest absolute Gasteiger partial charge is 0.336 e. The lowest BCUT2D eigenvalue weighted by atomic mass is 10.0. The third-order valence-electron chi connectivity index (χ3n) is 3.78. The molecule has 4 heteroatoms. The average Bonchev–Trinajstić information content (AvgIpc) is 2.43. The number of nitrogens with one attached hydrogen (secondary N) is 1. The number of aryl methyl sites for hydroxylation is 1. The predicted molar refractivity (Wildman–Crippen MR) is 73.7 cm³/mol. The highest BCUT2D eigenvalue weighted by Gasteiger charge is 2.25. The number of halogens is 1. The summed E-state index contributed by atoms with van der Waals surface area (Å²) in [6, 6.07) is 4.68. The highest BCUT2D eigenvalue weighted by Crippen LogP contribution is 2.18. The first-order valence-corrected chi connectivity index (χ1v) is 6.91. The molecule has 0 spiro atoms. The average molecular weight is 264 g/mol. The van der Waals surface area contributed by atoms with E-state index < -0.39 is 0 Å². The van der Waals surface area contributed by atoms with Gasteiger partial charge in [0.05, 0.1) is 0 Å². The van der Waals surface area contributed by atoms with Gasteiger partial charge in [-0.2, -0.15) is 0 Å². The van der Waals surface area contributed by atoms with Crippen LogP contribution in [-0.2, 0) is 0 Å². The van der Waals surface area contributed by atoms with Gasteiger partial charge in [0.1, 0.15) is 5.82 Å². The van der Waals surface area contributed by atoms with Crippen LogP contribution in [-0.4, -0.2) is 36.5 Å². The van der Waals surface area contributed by atoms with Crippen LogP contribution in [0.4, 0.5) is 4.39 Å². The Morgan fingerprint density at radius 1 is 1.42 bits per heavy atom. The second kappa shape index (κ2) is 6.15. The first kappa shape index (κ1) is 14.0. The van der Waals surface area contributed by atoms with Crippen molar-refractivity contribution in [3.05, 3.63) is 35.1 Å². The van der Waals surface area contributed by atoms with Crippen LogP contribution < -0.4 is 5.32 Å². The summed E-state index contributed by atoms with van der Waals surface area (Å²) in [7, 11) is 0. The summed E-state index contributed by atoms with van der Waals surface area (Å²) in [6.07, 6.45) is 1.93. The van der Waals surface area contributed by atoms with E-state index in [9.17, 15) is 9.18 Å². The molecule has 1 saturated heterocycles. The zero-order valence-corrected chi connectivity index (χ0v) is 11.6. The van der Waals surface area contributed by atoms with Gasteiger partial charge in [0.25, 0.3) is 5.91 Å². The van der Waals surface area contributed by atoms with Crippen LogP contribution in [0.5, 0.6) is 0 Å². The molecule has 0 saturated carbocycles. The molecular weight excluding hydrogens is 243 g/mol. The number of piperidine rings is 1. The summed E-state index contributed by atoms with van der Waals surface area (Å²) in [4.78, 5) is 14.5. The van der Waals surface area contributed by atoms with Gasteiger partial charge in [-0.25, -0.2) is 4.39 Å². The fourth-order valence-corrected chi connectivity index (χ4v) is 2.67. The van der Waals surface area contributed by atoms with Crippen molar-refractivity contribution in [2.75, 3.05) is 19.6 Å². The fourth-order valence-electron chi connectivity index (χ4n) is 2.67. The number of nitrogens with zero attached hydrogens (tertiary/aromatic N) is 1. The maximum atomic E-state index is 13.3. The minimum absolute atomic E-state index is 0.0496. The van der Waals surface area contributed by atoms with Crippen molar-refractivity contribution in [2.24, 2.45) is 0 Å². The number of amides is 1. The van der Waals surface area contributed by atoms with Crippen molar-refractivity contribution in [1.82, 2.24) is 10.2 Å². The topological polar surface area (TPSA) is 32.3 Å². The Balaban J connectivity index is 2.22. The van der Waals surface area contributed by atoms with Crippen molar-refractivity contribution in [3.8, 4) is 0 Å². The Hall–Kier alpha value is -1.42. The van der Waals surface area contributed by atoms with Crippen molar-refractivity contribution < 1.29 is 9.18 Å². The summed E-state index contributed by atoms with van der Waals surface area (Å²) in [5, 5.41) is 3.29. The highest BCUT2D eigenvalue weighted by atomic mass is 19.1. The van der Waals surface area contributed by atoms with Gasteiger partial charge in [-0.3, -0.25) is 4.79 Å². The summed E-state index contributed by atoms with van der Waals surface area (Å²) >= 11 is 0. The zero-order valence-electron chi connectivity index (χ0n) is 11.6. The summed E-state index contributed by atoms with van der Waals surface area (Å²) in [6.45, 7) is 6.38. The highest BCUT2D eigenvalue weighted by molar-refractivity contribution is 5.95. The van der Waals surface area contributed by atoms with Gasteiger partial charge in [-0.15, -0.1) is 0 Å². The predicted octanol–water partition coefficient (Wildman–Crippen LogP) is 2.35. The second-order valence-electron chi connectivity index (χ2n) is 5.03. The molecule has 1 heterocycles. The molecule has 1 N–H and O–H groups in total. The maximum Gasteiger partial charge on any atom is 0.254 e. The van der Waals surface area contributed by atoms with Gasteiger partial charge in [0.15, 0.2) is 0 Å². The molecule has 0 bridgehead atoms. The van der Waals surface area contributed by atoms with Crippen molar-refractivity contribution in [3.63, 3.8) is 0 Å². The molecule has 3 nitrogen and oxygen atoms in total. The molecule has 2 rings (SSSR count). The molecule has 0 radical (unpaired) electrons. The maximum absolute atomic E-state index is 13.3. The van der Waals surface area contributed by atoms with Gasteiger partial charge in [-0.1, -0.05) is 6.07 Å². The quantitative estimate of drug-likeness (QED) is 0.909. The Labute approximate surface area is 113 Å². The molecule has 0 aliphatic carbocycles. The van der Waals surface area contributed by atoms with Crippen LogP contribution in [0.25, 0.3) is 0 Å². The van der Waals surface area contributed by atoms with Crippen molar-refractivity contribution in [1.29, 1.82) is 0 Å². The molecule has 1 aliphatic rings. The zero-order chi connectivity index (χ0) is 13.8. The Kier molecular flexibility index (Phi) is 4.53. The Morgan fingerprint density at radius 2 is 2.11 bits per heavy atom. The van der Waals surface area contributed by atoms with E-state index in [0.717, 1.165) is 31.5 Å². The van der Waals surface area contributed by atoms with Crippen LogP contribution >= 0.6 is 0 Å². The molecule has 1 aromatic rings. The van der Waals surface area contributed by atoms with E-state index >= 15 is 0 Å². The summed E-state index contributed by atoms with van der Waals surface area (Å²) < 4.78 is 13.3. The van der Waals surface area contributed by atoms with Crippen LogP contribution in [0.3, 0.4) is 0 Å². The molecule has 19 heavy (non-hydrogen) atoms. The molecule has 1 aliphatic heterocycles.